The van der Waals surface area contributed by atoms with Crippen LogP contribution in [-0.4, -0.2) is 47.5 Å². The summed E-state index contributed by atoms with van der Waals surface area (Å²) in [4.78, 5) is 24.9. The molecular weight excluding hydrogens is 226 g/mol. The monoisotopic (exact) mass is 245 g/mol. The van der Waals surface area contributed by atoms with Gasteiger partial charge >= 0.3 is 5.97 Å². The fourth-order valence-electron chi connectivity index (χ4n) is 1.54. The molecule has 1 amide bonds. The highest BCUT2D eigenvalue weighted by atomic mass is 32.2. The summed E-state index contributed by atoms with van der Waals surface area (Å²) in [5.41, 5.74) is 0. The molecule has 0 aromatic carbocycles. The molecule has 4 nitrogen and oxygen atoms in total. The van der Waals surface area contributed by atoms with Crippen LogP contribution in [0.1, 0.15) is 26.7 Å². The van der Waals surface area contributed by atoms with Crippen LogP contribution in [0.2, 0.25) is 0 Å². The largest absolute Gasteiger partial charge is 0.468 e. The molecule has 0 N–H and O–H groups in total. The van der Waals surface area contributed by atoms with Crippen LogP contribution in [-0.2, 0) is 14.3 Å². The number of rotatable bonds is 6. The van der Waals surface area contributed by atoms with Gasteiger partial charge in [0, 0.05) is 12.6 Å². The van der Waals surface area contributed by atoms with E-state index in [9.17, 15) is 9.59 Å². The number of amides is 1. The van der Waals surface area contributed by atoms with E-state index in [2.05, 4.69) is 4.74 Å². The zero-order chi connectivity index (χ0) is 12.1. The van der Waals surface area contributed by atoms with E-state index in [0.29, 0.717) is 11.8 Å². The summed E-state index contributed by atoms with van der Waals surface area (Å²) in [6.45, 7) is 4.51. The molecule has 0 saturated heterocycles. The van der Waals surface area contributed by atoms with Crippen LogP contribution >= 0.6 is 11.8 Å². The summed E-state index contributed by atoms with van der Waals surface area (Å²) in [6, 6.07) is 0.450. The second-order valence-corrected chi connectivity index (χ2v) is 5.22. The molecule has 1 unspecified atom stereocenters. The molecule has 0 spiro atoms. The molecule has 0 aliphatic heterocycles. The maximum Gasteiger partial charge on any atom is 0.318 e. The number of methoxy groups -OCH3 is 1. The minimum atomic E-state index is -0.271. The van der Waals surface area contributed by atoms with Gasteiger partial charge < -0.3 is 9.64 Å². The van der Waals surface area contributed by atoms with Gasteiger partial charge in [-0.25, -0.2) is 0 Å². The SMILES string of the molecule is CCN(C(=O)CSC(C)C(=O)OC)C1CC1. The first-order valence-electron chi connectivity index (χ1n) is 5.59. The molecule has 1 aliphatic rings. The lowest BCUT2D eigenvalue weighted by molar-refractivity contribution is -0.139. The molecule has 1 aliphatic carbocycles. The Balaban J connectivity index is 2.30. The van der Waals surface area contributed by atoms with Crippen LogP contribution in [0.3, 0.4) is 0 Å². The second kappa shape index (κ2) is 6.13. The number of ether oxygens (including phenoxy) is 1. The minimum Gasteiger partial charge on any atom is -0.468 e. The first kappa shape index (κ1) is 13.4. The third-order valence-electron chi connectivity index (χ3n) is 2.64. The van der Waals surface area contributed by atoms with Gasteiger partial charge in [0.2, 0.25) is 5.91 Å². The van der Waals surface area contributed by atoms with E-state index < -0.39 is 0 Å². The van der Waals surface area contributed by atoms with E-state index in [-0.39, 0.29) is 17.1 Å². The quantitative estimate of drug-likeness (QED) is 0.662. The van der Waals surface area contributed by atoms with Crippen LogP contribution < -0.4 is 0 Å². The summed E-state index contributed by atoms with van der Waals surface area (Å²) in [5, 5.41) is -0.271. The Morgan fingerprint density at radius 2 is 2.12 bits per heavy atom. The third-order valence-corrected chi connectivity index (χ3v) is 3.74. The Morgan fingerprint density at radius 3 is 2.56 bits per heavy atom. The van der Waals surface area contributed by atoms with Crippen molar-refractivity contribution in [1.29, 1.82) is 0 Å². The van der Waals surface area contributed by atoms with E-state index >= 15 is 0 Å². The van der Waals surface area contributed by atoms with E-state index in [0.717, 1.165) is 19.4 Å². The lowest BCUT2D eigenvalue weighted by Gasteiger charge is -2.20. The van der Waals surface area contributed by atoms with E-state index in [1.165, 1.54) is 18.9 Å². The summed E-state index contributed by atoms with van der Waals surface area (Å²) < 4.78 is 4.61. The van der Waals surface area contributed by atoms with Crippen molar-refractivity contribution in [2.75, 3.05) is 19.4 Å². The molecule has 1 atom stereocenters. The highest BCUT2D eigenvalue weighted by molar-refractivity contribution is 8.01. The Kier molecular flexibility index (Phi) is 5.12. The number of carbonyl (C=O) groups is 2. The normalized spacial score (nSPS) is 16.7. The van der Waals surface area contributed by atoms with Gasteiger partial charge in [-0.1, -0.05) is 0 Å². The van der Waals surface area contributed by atoms with Crippen molar-refractivity contribution in [3.05, 3.63) is 0 Å². The molecule has 1 fully saturated rings. The van der Waals surface area contributed by atoms with Crippen molar-refractivity contribution in [1.82, 2.24) is 4.90 Å². The van der Waals surface area contributed by atoms with Crippen molar-refractivity contribution in [3.63, 3.8) is 0 Å². The topological polar surface area (TPSA) is 46.6 Å². The fraction of sp³-hybridized carbons (Fsp3) is 0.818. The second-order valence-electron chi connectivity index (χ2n) is 3.89. The number of hydrogen-bond acceptors (Lipinski definition) is 4. The molecule has 0 radical (unpaired) electrons. The predicted molar refractivity (Wildman–Crippen MR) is 64.3 cm³/mol. The van der Waals surface area contributed by atoms with Crippen molar-refractivity contribution in [3.8, 4) is 0 Å². The van der Waals surface area contributed by atoms with Crippen LogP contribution in [0.5, 0.6) is 0 Å². The molecule has 1 rings (SSSR count). The number of thioether (sulfide) groups is 1. The predicted octanol–water partition coefficient (Wildman–Crippen LogP) is 1.29. The molecule has 0 heterocycles. The van der Waals surface area contributed by atoms with Gasteiger partial charge in [0.25, 0.3) is 0 Å². The number of esters is 1. The molecule has 16 heavy (non-hydrogen) atoms. The summed E-state index contributed by atoms with van der Waals surface area (Å²) in [7, 11) is 1.36. The van der Waals surface area contributed by atoms with Crippen LogP contribution in [0, 0.1) is 0 Å². The fourth-order valence-corrected chi connectivity index (χ4v) is 2.33. The molecule has 0 aromatic rings. The van der Waals surface area contributed by atoms with Crippen molar-refractivity contribution < 1.29 is 14.3 Å². The lowest BCUT2D eigenvalue weighted by Crippen LogP contribution is -2.34. The molecule has 0 bridgehead atoms. The minimum absolute atomic E-state index is 0.130. The van der Waals surface area contributed by atoms with E-state index in [4.69, 9.17) is 0 Å². The van der Waals surface area contributed by atoms with Gasteiger partial charge in [-0.3, -0.25) is 9.59 Å². The summed E-state index contributed by atoms with van der Waals surface area (Å²) in [5.74, 6) is 0.221. The Hall–Kier alpha value is -0.710. The average molecular weight is 245 g/mol. The van der Waals surface area contributed by atoms with Gasteiger partial charge in [0.15, 0.2) is 0 Å². The zero-order valence-corrected chi connectivity index (χ0v) is 10.9. The smallest absolute Gasteiger partial charge is 0.318 e. The van der Waals surface area contributed by atoms with Crippen LogP contribution in [0.15, 0.2) is 0 Å². The highest BCUT2D eigenvalue weighted by Crippen LogP contribution is 2.27. The molecule has 5 heteroatoms. The van der Waals surface area contributed by atoms with Gasteiger partial charge in [-0.2, -0.15) is 0 Å². The summed E-state index contributed by atoms with van der Waals surface area (Å²) in [6.07, 6.45) is 2.24. The lowest BCUT2D eigenvalue weighted by atomic mass is 10.4. The third kappa shape index (κ3) is 3.70. The molecule has 92 valence electrons. The zero-order valence-electron chi connectivity index (χ0n) is 10.1. The maximum atomic E-state index is 11.8. The number of nitrogens with zero attached hydrogens (tertiary/aromatic N) is 1. The maximum absolute atomic E-state index is 11.8. The summed E-state index contributed by atoms with van der Waals surface area (Å²) >= 11 is 1.34. The van der Waals surface area contributed by atoms with Gasteiger partial charge in [0.05, 0.1) is 12.9 Å². The Morgan fingerprint density at radius 1 is 1.50 bits per heavy atom. The standard InChI is InChI=1S/C11H19NO3S/c1-4-12(9-5-6-9)10(13)7-16-8(2)11(14)15-3/h8-9H,4-7H2,1-3H3. The Bertz CT molecular complexity index is 266. The molecule has 1 saturated carbocycles. The van der Waals surface area contributed by atoms with Gasteiger partial charge in [-0.05, 0) is 26.7 Å². The number of carbonyl (C=O) groups excluding carboxylic acids is 2. The highest BCUT2D eigenvalue weighted by Gasteiger charge is 2.31. The van der Waals surface area contributed by atoms with Gasteiger partial charge in [-0.15, -0.1) is 11.8 Å². The molecule has 0 aromatic heterocycles. The van der Waals surface area contributed by atoms with Crippen molar-refractivity contribution in [2.45, 2.75) is 38.0 Å². The Labute approximate surface area is 101 Å². The van der Waals surface area contributed by atoms with E-state index in [1.54, 1.807) is 6.92 Å². The van der Waals surface area contributed by atoms with Crippen LogP contribution in [0.4, 0.5) is 0 Å². The van der Waals surface area contributed by atoms with Crippen molar-refractivity contribution in [2.24, 2.45) is 0 Å². The van der Waals surface area contributed by atoms with Gasteiger partial charge in [0.1, 0.15) is 5.25 Å². The average Bonchev–Trinajstić information content (AvgIpc) is 3.10. The van der Waals surface area contributed by atoms with E-state index in [1.807, 2.05) is 11.8 Å². The first-order chi connectivity index (χ1) is 7.60. The van der Waals surface area contributed by atoms with Crippen molar-refractivity contribution >= 4 is 23.6 Å². The molecular formula is C11H19NO3S. The first-order valence-corrected chi connectivity index (χ1v) is 6.63. The number of hydrogen-bond donors (Lipinski definition) is 0. The van der Waals surface area contributed by atoms with Crippen LogP contribution in [0.25, 0.3) is 0 Å².